The molecule has 114 valence electrons. The Hall–Kier alpha value is -1.86. The summed E-state index contributed by atoms with van der Waals surface area (Å²) in [4.78, 5) is 18.9. The highest BCUT2D eigenvalue weighted by Gasteiger charge is 2.43. The van der Waals surface area contributed by atoms with Crippen LogP contribution >= 0.6 is 11.3 Å². The van der Waals surface area contributed by atoms with Crippen LogP contribution in [0.2, 0.25) is 0 Å². The normalized spacial score (nSPS) is 26.7. The average Bonchev–Trinajstić information content (AvgIpc) is 3.20. The lowest BCUT2D eigenvalue weighted by Gasteiger charge is -2.28. The van der Waals surface area contributed by atoms with Crippen LogP contribution in [0.15, 0.2) is 12.1 Å². The van der Waals surface area contributed by atoms with Crippen LogP contribution in [0, 0.1) is 0 Å². The summed E-state index contributed by atoms with van der Waals surface area (Å²) < 4.78 is 12.2. The minimum atomic E-state index is -0.0625. The zero-order valence-electron chi connectivity index (χ0n) is 11.9. The molecule has 1 aromatic heterocycles. The number of carbonyl (C=O) groups excluding carboxylic acids is 1. The van der Waals surface area contributed by atoms with Crippen LogP contribution in [0.25, 0.3) is 10.2 Å². The number of urea groups is 1. The summed E-state index contributed by atoms with van der Waals surface area (Å²) in [5, 5.41) is 3.78. The first-order valence-corrected chi connectivity index (χ1v) is 8.35. The van der Waals surface area contributed by atoms with Gasteiger partial charge in [0.25, 0.3) is 0 Å². The first-order valence-electron chi connectivity index (χ1n) is 7.54. The highest BCUT2D eigenvalue weighted by Crippen LogP contribution is 2.39. The van der Waals surface area contributed by atoms with Gasteiger partial charge in [0, 0.05) is 18.6 Å². The van der Waals surface area contributed by atoms with Gasteiger partial charge in [0.2, 0.25) is 0 Å². The Kier molecular flexibility index (Phi) is 2.63. The van der Waals surface area contributed by atoms with Crippen molar-refractivity contribution in [3.05, 3.63) is 17.7 Å². The second-order valence-electron chi connectivity index (χ2n) is 5.84. The fourth-order valence-electron chi connectivity index (χ4n) is 3.54. The van der Waals surface area contributed by atoms with E-state index in [-0.39, 0.29) is 18.1 Å². The fourth-order valence-corrected chi connectivity index (χ4v) is 4.59. The van der Waals surface area contributed by atoms with E-state index in [1.807, 2.05) is 17.0 Å². The summed E-state index contributed by atoms with van der Waals surface area (Å²) in [7, 11) is 0. The Morgan fingerprint density at radius 3 is 3.27 bits per heavy atom. The number of benzene rings is 1. The highest BCUT2D eigenvalue weighted by atomic mass is 32.1. The van der Waals surface area contributed by atoms with E-state index in [9.17, 15) is 4.79 Å². The van der Waals surface area contributed by atoms with E-state index in [0.717, 1.165) is 33.9 Å². The lowest BCUT2D eigenvalue weighted by Crippen LogP contribution is -2.43. The molecule has 0 aliphatic carbocycles. The Morgan fingerprint density at radius 1 is 1.36 bits per heavy atom. The summed E-state index contributed by atoms with van der Waals surface area (Å²) in [6.07, 6.45) is 1.74. The van der Waals surface area contributed by atoms with Gasteiger partial charge < -0.3 is 14.8 Å². The third-order valence-electron chi connectivity index (χ3n) is 4.61. The minimum Gasteiger partial charge on any atom is -0.493 e. The molecule has 1 aromatic carbocycles. The molecule has 3 aliphatic heterocycles. The van der Waals surface area contributed by atoms with Crippen LogP contribution < -0.4 is 15.0 Å². The Balaban J connectivity index is 1.60. The maximum Gasteiger partial charge on any atom is 0.324 e. The standard InChI is InChI=1S/C15H15N3O3S/c19-14-16-9-7-20-5-4-10(9)18(14)15-17-13-8-3-6-21-11(8)1-2-12(13)22-15/h1-2,9-10H,3-7H2,(H,16,19)/t9-,10+/m0/s1. The summed E-state index contributed by atoms with van der Waals surface area (Å²) in [5.41, 5.74) is 2.15. The molecule has 0 radical (unpaired) electrons. The smallest absolute Gasteiger partial charge is 0.324 e. The van der Waals surface area contributed by atoms with Crippen molar-refractivity contribution in [1.82, 2.24) is 10.3 Å². The van der Waals surface area contributed by atoms with Crippen molar-refractivity contribution in [2.75, 3.05) is 24.7 Å². The molecule has 1 N–H and O–H groups in total. The highest BCUT2D eigenvalue weighted by molar-refractivity contribution is 7.22. The van der Waals surface area contributed by atoms with Crippen LogP contribution in [0.3, 0.4) is 0 Å². The first kappa shape index (κ1) is 12.7. The van der Waals surface area contributed by atoms with Gasteiger partial charge in [0.1, 0.15) is 5.75 Å². The molecule has 2 fully saturated rings. The van der Waals surface area contributed by atoms with Gasteiger partial charge in [0.05, 0.1) is 35.5 Å². The first-order chi connectivity index (χ1) is 10.8. The quantitative estimate of drug-likeness (QED) is 0.873. The van der Waals surface area contributed by atoms with Gasteiger partial charge >= 0.3 is 6.03 Å². The maximum atomic E-state index is 12.4. The molecule has 0 spiro atoms. The number of nitrogens with zero attached hydrogens (tertiary/aromatic N) is 2. The number of hydrogen-bond acceptors (Lipinski definition) is 5. The van der Waals surface area contributed by atoms with Gasteiger partial charge in [0.15, 0.2) is 5.13 Å². The van der Waals surface area contributed by atoms with Crippen molar-refractivity contribution >= 4 is 32.7 Å². The summed E-state index contributed by atoms with van der Waals surface area (Å²) in [6.45, 7) is 2.00. The molecule has 0 bridgehead atoms. The molecule has 7 heteroatoms. The van der Waals surface area contributed by atoms with Gasteiger partial charge in [-0.1, -0.05) is 11.3 Å². The van der Waals surface area contributed by atoms with Gasteiger partial charge in [-0.25, -0.2) is 9.78 Å². The van der Waals surface area contributed by atoms with Crippen molar-refractivity contribution in [2.45, 2.75) is 24.9 Å². The molecular formula is C15H15N3O3S. The molecule has 2 amide bonds. The number of carbonyl (C=O) groups is 1. The van der Waals surface area contributed by atoms with E-state index in [1.165, 1.54) is 5.56 Å². The Morgan fingerprint density at radius 2 is 2.32 bits per heavy atom. The van der Waals surface area contributed by atoms with Crippen LogP contribution in [0.1, 0.15) is 12.0 Å². The van der Waals surface area contributed by atoms with E-state index in [2.05, 4.69) is 5.32 Å². The van der Waals surface area contributed by atoms with Crippen LogP contribution in [-0.2, 0) is 11.2 Å². The molecule has 2 saturated heterocycles. The number of thiazole rings is 1. The number of nitrogens with one attached hydrogen (secondary N) is 1. The molecule has 4 heterocycles. The number of anilines is 1. The second kappa shape index (κ2) is 4.57. The molecule has 0 unspecified atom stereocenters. The summed E-state index contributed by atoms with van der Waals surface area (Å²) in [6, 6.07) is 4.20. The number of ether oxygens (including phenoxy) is 2. The van der Waals surface area contributed by atoms with Crippen molar-refractivity contribution in [3.8, 4) is 5.75 Å². The Bertz CT molecular complexity index is 775. The van der Waals surface area contributed by atoms with Crippen molar-refractivity contribution < 1.29 is 14.3 Å². The molecule has 3 aliphatic rings. The number of hydrogen-bond donors (Lipinski definition) is 1. The van der Waals surface area contributed by atoms with Crippen LogP contribution in [-0.4, -0.2) is 42.9 Å². The predicted octanol–water partition coefficient (Wildman–Crippen LogP) is 1.92. The van der Waals surface area contributed by atoms with Crippen LogP contribution in [0.5, 0.6) is 5.75 Å². The van der Waals surface area contributed by atoms with E-state index in [0.29, 0.717) is 19.8 Å². The fraction of sp³-hybridized carbons (Fsp3) is 0.467. The zero-order valence-corrected chi connectivity index (χ0v) is 12.7. The van der Waals surface area contributed by atoms with Gasteiger partial charge in [-0.15, -0.1) is 0 Å². The number of fused-ring (bicyclic) bond motifs is 4. The SMILES string of the molecule is O=C1N[C@H]2COCC[C@H]2N1c1nc2c3c(ccc2s1)OCC3. The molecule has 2 aromatic rings. The lowest BCUT2D eigenvalue weighted by molar-refractivity contribution is 0.0717. The second-order valence-corrected chi connectivity index (χ2v) is 6.85. The van der Waals surface area contributed by atoms with Gasteiger partial charge in [-0.2, -0.15) is 0 Å². The molecule has 0 saturated carbocycles. The zero-order chi connectivity index (χ0) is 14.7. The largest absolute Gasteiger partial charge is 0.493 e. The molecule has 2 atom stereocenters. The van der Waals surface area contributed by atoms with Crippen molar-refractivity contribution in [3.63, 3.8) is 0 Å². The van der Waals surface area contributed by atoms with Crippen molar-refractivity contribution in [1.29, 1.82) is 0 Å². The lowest BCUT2D eigenvalue weighted by atomic mass is 10.1. The number of rotatable bonds is 1. The van der Waals surface area contributed by atoms with E-state index >= 15 is 0 Å². The third-order valence-corrected chi connectivity index (χ3v) is 5.63. The van der Waals surface area contributed by atoms with E-state index in [1.54, 1.807) is 11.3 Å². The molecule has 5 rings (SSSR count). The minimum absolute atomic E-state index is 0.0625. The predicted molar refractivity (Wildman–Crippen MR) is 82.8 cm³/mol. The Labute approximate surface area is 131 Å². The summed E-state index contributed by atoms with van der Waals surface area (Å²) >= 11 is 1.58. The van der Waals surface area contributed by atoms with E-state index in [4.69, 9.17) is 14.5 Å². The van der Waals surface area contributed by atoms with Crippen LogP contribution in [0.4, 0.5) is 9.93 Å². The van der Waals surface area contributed by atoms with E-state index < -0.39 is 0 Å². The van der Waals surface area contributed by atoms with Gasteiger partial charge in [-0.3, -0.25) is 4.90 Å². The molecular weight excluding hydrogens is 302 g/mol. The molecule has 22 heavy (non-hydrogen) atoms. The average molecular weight is 317 g/mol. The van der Waals surface area contributed by atoms with Gasteiger partial charge in [-0.05, 0) is 18.6 Å². The number of amides is 2. The molecule has 6 nitrogen and oxygen atoms in total. The maximum absolute atomic E-state index is 12.4. The number of aromatic nitrogens is 1. The summed E-state index contributed by atoms with van der Waals surface area (Å²) in [5.74, 6) is 0.930. The third kappa shape index (κ3) is 1.69. The monoisotopic (exact) mass is 317 g/mol. The topological polar surface area (TPSA) is 63.7 Å². The van der Waals surface area contributed by atoms with Crippen molar-refractivity contribution in [2.24, 2.45) is 0 Å².